The molecular formula is C27H33FN4O4. The molecule has 2 N–H and O–H groups in total. The number of amides is 3. The third-order valence-electron chi connectivity index (χ3n) is 6.83. The topological polar surface area (TPSA) is 95.0 Å². The van der Waals surface area contributed by atoms with Crippen LogP contribution in [0.15, 0.2) is 42.6 Å². The predicted molar refractivity (Wildman–Crippen MR) is 135 cm³/mol. The maximum atomic E-state index is 13.5. The van der Waals surface area contributed by atoms with Gasteiger partial charge in [-0.05, 0) is 67.7 Å². The van der Waals surface area contributed by atoms with E-state index < -0.39 is 6.10 Å². The van der Waals surface area contributed by atoms with Gasteiger partial charge in [-0.3, -0.25) is 4.79 Å². The summed E-state index contributed by atoms with van der Waals surface area (Å²) in [6, 6.07) is 6.62. The van der Waals surface area contributed by atoms with Crippen LogP contribution in [0.1, 0.15) is 49.0 Å². The van der Waals surface area contributed by atoms with Gasteiger partial charge < -0.3 is 25.0 Å². The molecule has 1 aromatic heterocycles. The van der Waals surface area contributed by atoms with Crippen LogP contribution in [0.25, 0.3) is 5.57 Å². The van der Waals surface area contributed by atoms with Gasteiger partial charge in [-0.15, -0.1) is 0 Å². The number of pyridine rings is 1. The molecule has 192 valence electrons. The van der Waals surface area contributed by atoms with Crippen molar-refractivity contribution in [2.24, 2.45) is 5.92 Å². The average Bonchev–Trinajstić information content (AvgIpc) is 3.42. The Labute approximate surface area is 210 Å². The fourth-order valence-electron chi connectivity index (χ4n) is 4.53. The summed E-state index contributed by atoms with van der Waals surface area (Å²) in [5.41, 5.74) is 2.91. The second kappa shape index (κ2) is 11.1. The molecule has 0 fully saturated rings. The number of aliphatic hydroxyl groups is 1. The van der Waals surface area contributed by atoms with E-state index in [0.29, 0.717) is 17.8 Å². The normalized spacial score (nSPS) is 20.5. The lowest BCUT2D eigenvalue weighted by atomic mass is 9.99. The Kier molecular flexibility index (Phi) is 7.88. The van der Waals surface area contributed by atoms with Crippen molar-refractivity contribution >= 4 is 23.2 Å². The van der Waals surface area contributed by atoms with E-state index in [1.165, 1.54) is 34.7 Å². The van der Waals surface area contributed by atoms with Gasteiger partial charge >= 0.3 is 6.03 Å². The fraction of sp³-hybridized carbons (Fsp3) is 0.444. The van der Waals surface area contributed by atoms with Crippen LogP contribution in [-0.2, 0) is 0 Å². The smallest absolute Gasteiger partial charge is 0.321 e. The van der Waals surface area contributed by atoms with Gasteiger partial charge in [0.1, 0.15) is 17.5 Å². The maximum absolute atomic E-state index is 13.5. The number of likely N-dealkylation sites (N-methyl/N-ethyl adjacent to an activating group) is 1. The minimum atomic E-state index is -0.460. The van der Waals surface area contributed by atoms with Gasteiger partial charge in [-0.2, -0.15) is 0 Å². The van der Waals surface area contributed by atoms with E-state index in [2.05, 4.69) is 16.4 Å². The standard InChI is InChI=1S/C27H33FN4O4/c1-17-14-32(18(2)16-33)26(34)23-12-20(19-6-4-5-7-19)13-29-25(23)36-24(17)15-31(3)27(35)30-22-10-8-21(28)9-11-22/h6,8-13,17-18,24,33H,4-5,7,14-16H2,1-3H3,(H,30,35)/t17-,18+,24-/m1/s1. The van der Waals surface area contributed by atoms with Gasteiger partial charge in [0.2, 0.25) is 5.88 Å². The number of ether oxygens (including phenoxy) is 1. The molecule has 0 saturated heterocycles. The van der Waals surface area contributed by atoms with Crippen molar-refractivity contribution in [2.45, 2.75) is 45.3 Å². The summed E-state index contributed by atoms with van der Waals surface area (Å²) < 4.78 is 19.5. The highest BCUT2D eigenvalue weighted by molar-refractivity contribution is 5.97. The number of carbonyl (C=O) groups excluding carboxylic acids is 2. The molecule has 36 heavy (non-hydrogen) atoms. The summed E-state index contributed by atoms with van der Waals surface area (Å²) in [5, 5.41) is 12.6. The van der Waals surface area contributed by atoms with Gasteiger partial charge in [0.25, 0.3) is 5.91 Å². The second-order valence-corrected chi connectivity index (χ2v) is 9.64. The number of rotatable bonds is 6. The van der Waals surface area contributed by atoms with Crippen LogP contribution < -0.4 is 10.1 Å². The Morgan fingerprint density at radius 3 is 2.78 bits per heavy atom. The minimum absolute atomic E-state index is 0.156. The van der Waals surface area contributed by atoms with Crippen molar-refractivity contribution in [3.8, 4) is 5.88 Å². The van der Waals surface area contributed by atoms with Crippen LogP contribution in [0.2, 0.25) is 0 Å². The van der Waals surface area contributed by atoms with Crippen LogP contribution in [0, 0.1) is 11.7 Å². The zero-order valence-corrected chi connectivity index (χ0v) is 20.9. The van der Waals surface area contributed by atoms with Crippen LogP contribution in [0.5, 0.6) is 5.88 Å². The molecule has 0 unspecified atom stereocenters. The molecule has 3 amide bonds. The zero-order valence-electron chi connectivity index (χ0n) is 20.9. The number of allylic oxidation sites excluding steroid dienone is 2. The van der Waals surface area contributed by atoms with Crippen molar-refractivity contribution in [1.29, 1.82) is 0 Å². The number of nitrogens with zero attached hydrogens (tertiary/aromatic N) is 3. The SMILES string of the molecule is C[C@@H]1CN([C@@H](C)CO)C(=O)c2cc(C3=CCCC3)cnc2O[C@@H]1CN(C)C(=O)Nc1ccc(F)cc1. The number of urea groups is 1. The highest BCUT2D eigenvalue weighted by Crippen LogP contribution is 2.32. The lowest BCUT2D eigenvalue weighted by Crippen LogP contribution is -2.50. The van der Waals surface area contributed by atoms with E-state index >= 15 is 0 Å². The number of fused-ring (bicyclic) bond motifs is 1. The van der Waals surface area contributed by atoms with Crippen LogP contribution >= 0.6 is 0 Å². The van der Waals surface area contributed by atoms with E-state index in [-0.39, 0.29) is 48.7 Å². The molecule has 4 rings (SSSR count). The highest BCUT2D eigenvalue weighted by Gasteiger charge is 2.35. The third kappa shape index (κ3) is 5.67. The van der Waals surface area contributed by atoms with E-state index in [1.54, 1.807) is 25.1 Å². The molecule has 0 bridgehead atoms. The molecule has 2 aliphatic rings. The van der Waals surface area contributed by atoms with Gasteiger partial charge in [0, 0.05) is 31.4 Å². The Morgan fingerprint density at radius 2 is 2.11 bits per heavy atom. The molecule has 0 saturated carbocycles. The minimum Gasteiger partial charge on any atom is -0.472 e. The van der Waals surface area contributed by atoms with Crippen molar-refractivity contribution in [3.63, 3.8) is 0 Å². The van der Waals surface area contributed by atoms with Crippen LogP contribution in [0.3, 0.4) is 0 Å². The summed E-state index contributed by atoms with van der Waals surface area (Å²) >= 11 is 0. The monoisotopic (exact) mass is 496 g/mol. The molecular weight excluding hydrogens is 463 g/mol. The van der Waals surface area contributed by atoms with E-state index in [4.69, 9.17) is 4.74 Å². The molecule has 3 atom stereocenters. The molecule has 2 heterocycles. The van der Waals surface area contributed by atoms with Gasteiger partial charge in [0.05, 0.1) is 19.2 Å². The second-order valence-electron chi connectivity index (χ2n) is 9.64. The summed E-state index contributed by atoms with van der Waals surface area (Å²) in [6.07, 6.45) is 6.48. The summed E-state index contributed by atoms with van der Waals surface area (Å²) in [5.74, 6) is -0.544. The van der Waals surface area contributed by atoms with Crippen molar-refractivity contribution in [1.82, 2.24) is 14.8 Å². The summed E-state index contributed by atoms with van der Waals surface area (Å²) in [6.45, 7) is 4.17. The fourth-order valence-corrected chi connectivity index (χ4v) is 4.53. The maximum Gasteiger partial charge on any atom is 0.321 e. The van der Waals surface area contributed by atoms with Gasteiger partial charge in [-0.1, -0.05) is 13.0 Å². The molecule has 0 radical (unpaired) electrons. The highest BCUT2D eigenvalue weighted by atomic mass is 19.1. The zero-order chi connectivity index (χ0) is 25.8. The number of aromatic nitrogens is 1. The Balaban J connectivity index is 1.58. The Bertz CT molecular complexity index is 1140. The van der Waals surface area contributed by atoms with Crippen molar-refractivity contribution < 1.29 is 23.8 Å². The average molecular weight is 497 g/mol. The molecule has 1 aromatic carbocycles. The molecule has 8 nitrogen and oxygen atoms in total. The lowest BCUT2D eigenvalue weighted by Gasteiger charge is -2.37. The number of benzene rings is 1. The summed E-state index contributed by atoms with van der Waals surface area (Å²) in [4.78, 5) is 34.0. The number of hydrogen-bond donors (Lipinski definition) is 2. The predicted octanol–water partition coefficient (Wildman–Crippen LogP) is 4.17. The van der Waals surface area contributed by atoms with E-state index in [1.807, 2.05) is 13.0 Å². The first-order valence-electron chi connectivity index (χ1n) is 12.3. The van der Waals surface area contributed by atoms with Gasteiger partial charge in [0.15, 0.2) is 0 Å². The lowest BCUT2D eigenvalue weighted by molar-refractivity contribution is 0.0356. The molecule has 2 aromatic rings. The number of hydrogen-bond acceptors (Lipinski definition) is 5. The van der Waals surface area contributed by atoms with E-state index in [0.717, 1.165) is 24.8 Å². The number of aliphatic hydroxyl groups excluding tert-OH is 1. The van der Waals surface area contributed by atoms with Crippen molar-refractivity contribution in [2.75, 3.05) is 32.1 Å². The number of carbonyl (C=O) groups is 2. The number of halogens is 1. The van der Waals surface area contributed by atoms with E-state index in [9.17, 15) is 19.1 Å². The molecule has 9 heteroatoms. The van der Waals surface area contributed by atoms with Crippen molar-refractivity contribution in [3.05, 3.63) is 59.5 Å². The molecule has 1 aliphatic heterocycles. The summed E-state index contributed by atoms with van der Waals surface area (Å²) in [7, 11) is 1.65. The largest absolute Gasteiger partial charge is 0.472 e. The molecule has 1 aliphatic carbocycles. The quantitative estimate of drug-likeness (QED) is 0.626. The first-order chi connectivity index (χ1) is 17.3. The number of anilines is 1. The first-order valence-corrected chi connectivity index (χ1v) is 12.3. The molecule has 0 spiro atoms. The number of nitrogens with one attached hydrogen (secondary N) is 1. The first kappa shape index (κ1) is 25.6. The van der Waals surface area contributed by atoms with Gasteiger partial charge in [-0.25, -0.2) is 14.2 Å². The van der Waals surface area contributed by atoms with Crippen LogP contribution in [-0.4, -0.2) is 70.7 Å². The van der Waals surface area contributed by atoms with Crippen LogP contribution in [0.4, 0.5) is 14.9 Å². The Hall–Kier alpha value is -3.46. The third-order valence-corrected chi connectivity index (χ3v) is 6.83. The Morgan fingerprint density at radius 1 is 1.36 bits per heavy atom.